The second-order valence-corrected chi connectivity index (χ2v) is 7.13. The van der Waals surface area contributed by atoms with Crippen LogP contribution in [0.2, 0.25) is 0 Å². The van der Waals surface area contributed by atoms with Gasteiger partial charge in [-0.2, -0.15) is 0 Å². The highest BCUT2D eigenvalue weighted by Crippen LogP contribution is 2.34. The molecule has 134 valence electrons. The summed E-state index contributed by atoms with van der Waals surface area (Å²) in [6.07, 6.45) is 5.95. The van der Waals surface area contributed by atoms with E-state index in [4.69, 9.17) is 9.97 Å². The van der Waals surface area contributed by atoms with Crippen LogP contribution >= 0.6 is 9.24 Å². The van der Waals surface area contributed by atoms with Gasteiger partial charge in [-0.3, -0.25) is 0 Å². The van der Waals surface area contributed by atoms with Crippen LogP contribution in [0.25, 0.3) is 22.6 Å². The molecule has 1 aromatic carbocycles. The highest BCUT2D eigenvalue weighted by molar-refractivity contribution is 7.27. The monoisotopic (exact) mass is 366 g/mol. The second-order valence-electron chi connectivity index (χ2n) is 6.47. The Morgan fingerprint density at radius 3 is 2.62 bits per heavy atom. The van der Waals surface area contributed by atoms with Crippen molar-refractivity contribution in [3.05, 3.63) is 42.9 Å². The first-order valence-corrected chi connectivity index (χ1v) is 9.48. The van der Waals surface area contributed by atoms with E-state index in [0.717, 1.165) is 53.9 Å². The fraction of sp³-hybridized carbons (Fsp3) is 0.316. The van der Waals surface area contributed by atoms with Crippen LogP contribution in [-0.2, 0) is 0 Å². The normalized spacial score (nSPS) is 15.2. The molecular weight excluding hydrogens is 343 g/mol. The summed E-state index contributed by atoms with van der Waals surface area (Å²) >= 11 is 0. The lowest BCUT2D eigenvalue weighted by Gasteiger charge is -2.25. The molecule has 0 saturated carbocycles. The zero-order chi connectivity index (χ0) is 17.9. The van der Waals surface area contributed by atoms with Crippen molar-refractivity contribution < 1.29 is 0 Å². The van der Waals surface area contributed by atoms with Gasteiger partial charge in [-0.15, -0.1) is 9.24 Å². The first kappa shape index (κ1) is 17.1. The molecule has 1 unspecified atom stereocenters. The number of nitrogens with one attached hydrogen (secondary N) is 2. The average Bonchev–Trinajstić information content (AvgIpc) is 3.14. The van der Waals surface area contributed by atoms with Crippen LogP contribution in [-0.4, -0.2) is 39.7 Å². The summed E-state index contributed by atoms with van der Waals surface area (Å²) in [6.45, 7) is 2.07. The molecule has 3 aromatic rings. The van der Waals surface area contributed by atoms with Crippen molar-refractivity contribution in [3.63, 3.8) is 0 Å². The molecule has 1 aliphatic rings. The molecule has 2 aromatic heterocycles. The summed E-state index contributed by atoms with van der Waals surface area (Å²) in [4.78, 5) is 13.7. The van der Waals surface area contributed by atoms with Gasteiger partial charge in [-0.05, 0) is 37.3 Å². The maximum absolute atomic E-state index is 4.78. The highest BCUT2D eigenvalue weighted by atomic mass is 31.0. The van der Waals surface area contributed by atoms with Crippen LogP contribution in [0.1, 0.15) is 18.9 Å². The zero-order valence-electron chi connectivity index (χ0n) is 14.8. The van der Waals surface area contributed by atoms with E-state index >= 15 is 0 Å². The third kappa shape index (κ3) is 3.35. The van der Waals surface area contributed by atoms with Gasteiger partial charge in [-0.25, -0.2) is 15.0 Å². The summed E-state index contributed by atoms with van der Waals surface area (Å²) < 4.78 is 2.30. The van der Waals surface area contributed by atoms with Crippen molar-refractivity contribution in [1.82, 2.24) is 24.8 Å². The Bertz CT molecular complexity index is 883. The van der Waals surface area contributed by atoms with Crippen molar-refractivity contribution in [2.45, 2.75) is 18.9 Å². The maximum Gasteiger partial charge on any atom is 0.222 e. The minimum Gasteiger partial charge on any atom is -0.357 e. The van der Waals surface area contributed by atoms with Gasteiger partial charge in [0, 0.05) is 24.8 Å². The first-order valence-electron chi connectivity index (χ1n) is 8.91. The number of anilines is 1. The molecular formula is C19H23N6P. The van der Waals surface area contributed by atoms with E-state index in [1.54, 1.807) is 6.20 Å². The van der Waals surface area contributed by atoms with Gasteiger partial charge in [0.2, 0.25) is 5.95 Å². The fourth-order valence-corrected chi connectivity index (χ4v) is 3.63. The van der Waals surface area contributed by atoms with Crippen LogP contribution in [0.3, 0.4) is 0 Å². The van der Waals surface area contributed by atoms with E-state index in [1.165, 1.54) is 0 Å². The van der Waals surface area contributed by atoms with Gasteiger partial charge in [0.25, 0.3) is 0 Å². The molecule has 0 spiro atoms. The molecule has 1 saturated heterocycles. The predicted molar refractivity (Wildman–Crippen MR) is 109 cm³/mol. The van der Waals surface area contributed by atoms with Gasteiger partial charge < -0.3 is 15.2 Å². The Morgan fingerprint density at radius 2 is 1.88 bits per heavy atom. The molecule has 3 heterocycles. The molecule has 6 nitrogen and oxygen atoms in total. The number of nitrogens with zero attached hydrogens (tertiary/aromatic N) is 4. The highest BCUT2D eigenvalue weighted by Gasteiger charge is 2.23. The van der Waals surface area contributed by atoms with Gasteiger partial charge in [0.15, 0.2) is 0 Å². The number of hydrogen-bond acceptors (Lipinski definition) is 5. The summed E-state index contributed by atoms with van der Waals surface area (Å²) in [5.74, 6) is 0.617. The van der Waals surface area contributed by atoms with Gasteiger partial charge in [0.05, 0.1) is 23.4 Å². The summed E-state index contributed by atoms with van der Waals surface area (Å²) in [5, 5.41) is 7.63. The van der Waals surface area contributed by atoms with Crippen molar-refractivity contribution in [2.75, 3.05) is 25.5 Å². The number of rotatable bonds is 4. The third-order valence-corrected chi connectivity index (χ3v) is 5.19. The standard InChI is InChI=1S/C19H23N6P/c1-20-19-22-11-8-16(24-19)18-17(13-2-4-15(26)5-3-13)23-12-25(18)14-6-9-21-10-7-14/h2-5,8,11-12,14,21H,6-7,9-10,26H2,1H3,(H,20,22,24). The summed E-state index contributed by atoms with van der Waals surface area (Å²) in [5.41, 5.74) is 4.02. The quantitative estimate of drug-likeness (QED) is 0.695. The molecule has 2 N–H and O–H groups in total. The lowest BCUT2D eigenvalue weighted by Crippen LogP contribution is -2.29. The largest absolute Gasteiger partial charge is 0.357 e. The minimum atomic E-state index is 0.432. The average molecular weight is 366 g/mol. The maximum atomic E-state index is 4.78. The summed E-state index contributed by atoms with van der Waals surface area (Å²) in [6, 6.07) is 10.8. The minimum absolute atomic E-state index is 0.432. The van der Waals surface area contributed by atoms with Crippen molar-refractivity contribution in [2.24, 2.45) is 0 Å². The van der Waals surface area contributed by atoms with Crippen LogP contribution < -0.4 is 15.9 Å². The molecule has 1 aliphatic heterocycles. The van der Waals surface area contributed by atoms with Crippen LogP contribution in [0, 0.1) is 0 Å². The number of aromatic nitrogens is 4. The Morgan fingerprint density at radius 1 is 1.12 bits per heavy atom. The summed E-state index contributed by atoms with van der Waals surface area (Å²) in [7, 11) is 4.56. The van der Waals surface area contributed by atoms with Gasteiger partial charge in [-0.1, -0.05) is 24.3 Å². The molecule has 0 radical (unpaired) electrons. The third-order valence-electron chi connectivity index (χ3n) is 4.80. The first-order chi connectivity index (χ1) is 12.8. The molecule has 1 fully saturated rings. The second kappa shape index (κ2) is 7.52. The number of piperidine rings is 1. The molecule has 1 atom stereocenters. The molecule has 0 amide bonds. The smallest absolute Gasteiger partial charge is 0.222 e. The number of imidazole rings is 1. The fourth-order valence-electron chi connectivity index (χ4n) is 3.44. The predicted octanol–water partition coefficient (Wildman–Crippen LogP) is 2.47. The van der Waals surface area contributed by atoms with Crippen LogP contribution in [0.15, 0.2) is 42.9 Å². The van der Waals surface area contributed by atoms with E-state index in [-0.39, 0.29) is 0 Å². The van der Waals surface area contributed by atoms with Gasteiger partial charge >= 0.3 is 0 Å². The molecule has 0 bridgehead atoms. The molecule has 4 rings (SSSR count). The van der Waals surface area contributed by atoms with Crippen LogP contribution in [0.4, 0.5) is 5.95 Å². The number of hydrogen-bond donors (Lipinski definition) is 2. The topological polar surface area (TPSA) is 67.7 Å². The Balaban J connectivity index is 1.86. The molecule has 0 aliphatic carbocycles. The lowest BCUT2D eigenvalue weighted by molar-refractivity contribution is 0.370. The van der Waals surface area contributed by atoms with Crippen molar-refractivity contribution in [1.29, 1.82) is 0 Å². The Hall–Kier alpha value is -2.30. The molecule has 7 heteroatoms. The van der Waals surface area contributed by atoms with E-state index in [1.807, 2.05) is 19.4 Å². The molecule has 26 heavy (non-hydrogen) atoms. The van der Waals surface area contributed by atoms with Crippen LogP contribution in [0.5, 0.6) is 0 Å². The lowest BCUT2D eigenvalue weighted by atomic mass is 10.0. The number of benzene rings is 1. The SMILES string of the molecule is CNc1nccc(-c2c(-c3ccc(P)cc3)ncn2C2CCNCC2)n1. The van der Waals surface area contributed by atoms with Gasteiger partial charge in [0.1, 0.15) is 0 Å². The van der Waals surface area contributed by atoms with E-state index < -0.39 is 0 Å². The van der Waals surface area contributed by atoms with E-state index in [9.17, 15) is 0 Å². The zero-order valence-corrected chi connectivity index (χ0v) is 16.0. The van der Waals surface area contributed by atoms with Crippen molar-refractivity contribution in [3.8, 4) is 22.6 Å². The van der Waals surface area contributed by atoms with E-state index in [0.29, 0.717) is 12.0 Å². The Kier molecular flexibility index (Phi) is 4.96. The van der Waals surface area contributed by atoms with E-state index in [2.05, 4.69) is 53.7 Å². The Labute approximate surface area is 155 Å². The van der Waals surface area contributed by atoms with Crippen molar-refractivity contribution >= 4 is 20.5 Å².